The molecular formula is C18H14FN3O2S. The fourth-order valence-electron chi connectivity index (χ4n) is 2.17. The predicted molar refractivity (Wildman–Crippen MR) is 98.0 cm³/mol. The maximum atomic E-state index is 13.2. The summed E-state index contributed by atoms with van der Waals surface area (Å²) in [6.07, 6.45) is 1.62. The van der Waals surface area contributed by atoms with Gasteiger partial charge in [0.15, 0.2) is 5.17 Å². The molecule has 0 aliphatic carbocycles. The van der Waals surface area contributed by atoms with Crippen molar-refractivity contribution in [2.75, 3.05) is 5.32 Å². The summed E-state index contributed by atoms with van der Waals surface area (Å²) in [6.45, 7) is 1.44. The van der Waals surface area contributed by atoms with E-state index in [2.05, 4.69) is 15.6 Å². The average molecular weight is 355 g/mol. The number of thioether (sulfide) groups is 1. The molecule has 1 heterocycles. The second-order valence-electron chi connectivity index (χ2n) is 5.26. The number of carbonyl (C=O) groups is 2. The van der Waals surface area contributed by atoms with Gasteiger partial charge >= 0.3 is 0 Å². The number of carbonyl (C=O) groups excluding carboxylic acids is 2. The molecule has 0 unspecified atom stereocenters. The molecule has 1 saturated heterocycles. The number of benzene rings is 2. The molecule has 0 bridgehead atoms. The molecule has 25 heavy (non-hydrogen) atoms. The van der Waals surface area contributed by atoms with Crippen molar-refractivity contribution in [1.29, 1.82) is 0 Å². The van der Waals surface area contributed by atoms with E-state index in [-0.39, 0.29) is 17.6 Å². The number of amidine groups is 1. The Morgan fingerprint density at radius 1 is 1.24 bits per heavy atom. The lowest BCUT2D eigenvalue weighted by atomic mass is 10.2. The van der Waals surface area contributed by atoms with E-state index in [0.717, 1.165) is 0 Å². The maximum absolute atomic E-state index is 13.2. The zero-order valence-corrected chi connectivity index (χ0v) is 14.1. The molecule has 0 radical (unpaired) electrons. The number of aliphatic imine (C=N–C) groups is 1. The summed E-state index contributed by atoms with van der Waals surface area (Å²) in [5, 5.41) is 5.79. The largest absolute Gasteiger partial charge is 0.326 e. The maximum Gasteiger partial charge on any atom is 0.264 e. The normalized spacial score (nSPS) is 17.0. The van der Waals surface area contributed by atoms with Gasteiger partial charge in [-0.2, -0.15) is 0 Å². The molecule has 1 fully saturated rings. The molecule has 2 aromatic carbocycles. The number of nitrogens with one attached hydrogen (secondary N) is 2. The number of rotatable bonds is 3. The summed E-state index contributed by atoms with van der Waals surface area (Å²) in [4.78, 5) is 27.8. The van der Waals surface area contributed by atoms with Crippen LogP contribution in [0.4, 0.5) is 15.8 Å². The van der Waals surface area contributed by atoms with Crippen LogP contribution in [0.5, 0.6) is 0 Å². The molecule has 126 valence electrons. The molecule has 2 amide bonds. The Balaban J connectivity index is 1.75. The number of halogens is 1. The molecule has 0 saturated carbocycles. The van der Waals surface area contributed by atoms with E-state index in [0.29, 0.717) is 27.0 Å². The molecule has 3 rings (SSSR count). The third-order valence-corrected chi connectivity index (χ3v) is 4.13. The SMILES string of the molecule is CC(=O)Nc1ccc(N=C2NC(=O)/C(=C/c3cccc(F)c3)S2)cc1. The number of amides is 2. The molecule has 7 heteroatoms. The molecule has 1 aliphatic rings. The van der Waals surface area contributed by atoms with Crippen molar-refractivity contribution in [2.24, 2.45) is 4.99 Å². The van der Waals surface area contributed by atoms with Gasteiger partial charge in [-0.1, -0.05) is 12.1 Å². The van der Waals surface area contributed by atoms with Crippen molar-refractivity contribution in [2.45, 2.75) is 6.92 Å². The lowest BCUT2D eigenvalue weighted by Gasteiger charge is -2.02. The van der Waals surface area contributed by atoms with E-state index >= 15 is 0 Å². The first kappa shape index (κ1) is 16.9. The summed E-state index contributed by atoms with van der Waals surface area (Å²) in [5.41, 5.74) is 1.92. The van der Waals surface area contributed by atoms with Crippen LogP contribution in [0, 0.1) is 5.82 Å². The number of nitrogens with zero attached hydrogens (tertiary/aromatic N) is 1. The molecule has 0 spiro atoms. The summed E-state index contributed by atoms with van der Waals surface area (Å²) >= 11 is 1.19. The van der Waals surface area contributed by atoms with Crippen LogP contribution in [0.1, 0.15) is 12.5 Å². The van der Waals surface area contributed by atoms with Crippen LogP contribution in [0.15, 0.2) is 58.4 Å². The van der Waals surface area contributed by atoms with Crippen molar-refractivity contribution in [1.82, 2.24) is 5.32 Å². The minimum atomic E-state index is -0.356. The summed E-state index contributed by atoms with van der Waals surface area (Å²) in [6, 6.07) is 12.9. The van der Waals surface area contributed by atoms with E-state index in [9.17, 15) is 14.0 Å². The zero-order valence-electron chi connectivity index (χ0n) is 13.2. The molecule has 0 atom stereocenters. The van der Waals surface area contributed by atoms with E-state index in [1.54, 1.807) is 42.5 Å². The Labute approximate surface area is 148 Å². The lowest BCUT2D eigenvalue weighted by molar-refractivity contribution is -0.115. The second kappa shape index (κ2) is 7.31. The van der Waals surface area contributed by atoms with E-state index < -0.39 is 0 Å². The van der Waals surface area contributed by atoms with Crippen LogP contribution in [-0.2, 0) is 9.59 Å². The monoisotopic (exact) mass is 355 g/mol. The quantitative estimate of drug-likeness (QED) is 0.825. The fourth-order valence-corrected chi connectivity index (χ4v) is 3.01. The number of hydrogen-bond acceptors (Lipinski definition) is 4. The molecule has 2 aromatic rings. The van der Waals surface area contributed by atoms with Gasteiger partial charge in [-0.05, 0) is 59.8 Å². The van der Waals surface area contributed by atoms with Gasteiger partial charge in [-0.3, -0.25) is 9.59 Å². The van der Waals surface area contributed by atoms with Gasteiger partial charge in [-0.15, -0.1) is 0 Å². The van der Waals surface area contributed by atoms with Gasteiger partial charge in [0.2, 0.25) is 5.91 Å². The Morgan fingerprint density at radius 2 is 2.00 bits per heavy atom. The fraction of sp³-hybridized carbons (Fsp3) is 0.0556. The second-order valence-corrected chi connectivity index (χ2v) is 6.30. The van der Waals surface area contributed by atoms with Gasteiger partial charge in [0.25, 0.3) is 5.91 Å². The van der Waals surface area contributed by atoms with E-state index in [4.69, 9.17) is 0 Å². The van der Waals surface area contributed by atoms with Crippen LogP contribution >= 0.6 is 11.8 Å². The lowest BCUT2D eigenvalue weighted by Crippen LogP contribution is -2.19. The minimum Gasteiger partial charge on any atom is -0.326 e. The van der Waals surface area contributed by atoms with E-state index in [1.807, 2.05) is 0 Å². The zero-order chi connectivity index (χ0) is 17.8. The van der Waals surface area contributed by atoms with Gasteiger partial charge in [0, 0.05) is 12.6 Å². The average Bonchev–Trinajstić information content (AvgIpc) is 2.88. The van der Waals surface area contributed by atoms with Gasteiger partial charge in [0.1, 0.15) is 5.82 Å². The molecule has 0 aromatic heterocycles. The standard InChI is InChI=1S/C18H14FN3O2S/c1-11(23)20-14-5-7-15(8-6-14)21-18-22-17(24)16(25-18)10-12-3-2-4-13(19)9-12/h2-10H,1H3,(H,20,23)(H,21,22,24)/b16-10-. The number of anilines is 1. The summed E-state index contributed by atoms with van der Waals surface area (Å²) in [5.74, 6) is -0.779. The Bertz CT molecular complexity index is 891. The Hall–Kier alpha value is -2.93. The third kappa shape index (κ3) is 4.54. The summed E-state index contributed by atoms with van der Waals surface area (Å²) in [7, 11) is 0. The van der Waals surface area contributed by atoms with Crippen LogP contribution in [-0.4, -0.2) is 17.0 Å². The Morgan fingerprint density at radius 3 is 2.68 bits per heavy atom. The third-order valence-electron chi connectivity index (χ3n) is 3.22. The minimum absolute atomic E-state index is 0.148. The van der Waals surface area contributed by atoms with Crippen molar-refractivity contribution < 1.29 is 14.0 Å². The highest BCUT2D eigenvalue weighted by atomic mass is 32.2. The molecule has 2 N–H and O–H groups in total. The Kier molecular flexibility index (Phi) is 4.95. The smallest absolute Gasteiger partial charge is 0.264 e. The van der Waals surface area contributed by atoms with Gasteiger partial charge in [0.05, 0.1) is 10.6 Å². The topological polar surface area (TPSA) is 70.6 Å². The van der Waals surface area contributed by atoms with Gasteiger partial charge in [-0.25, -0.2) is 9.38 Å². The first-order chi connectivity index (χ1) is 12.0. The van der Waals surface area contributed by atoms with Crippen molar-refractivity contribution in [3.63, 3.8) is 0 Å². The van der Waals surface area contributed by atoms with Crippen LogP contribution in [0.3, 0.4) is 0 Å². The van der Waals surface area contributed by atoms with Crippen LogP contribution in [0.2, 0.25) is 0 Å². The predicted octanol–water partition coefficient (Wildman–Crippen LogP) is 3.68. The molecular weight excluding hydrogens is 341 g/mol. The first-order valence-electron chi connectivity index (χ1n) is 7.42. The highest BCUT2D eigenvalue weighted by Crippen LogP contribution is 2.28. The first-order valence-corrected chi connectivity index (χ1v) is 8.24. The molecule has 1 aliphatic heterocycles. The van der Waals surface area contributed by atoms with Crippen LogP contribution < -0.4 is 10.6 Å². The highest BCUT2D eigenvalue weighted by molar-refractivity contribution is 8.18. The summed E-state index contributed by atoms with van der Waals surface area (Å²) < 4.78 is 13.2. The van der Waals surface area contributed by atoms with Crippen molar-refractivity contribution >= 4 is 46.2 Å². The molecule has 5 nitrogen and oxygen atoms in total. The number of hydrogen-bond donors (Lipinski definition) is 2. The van der Waals surface area contributed by atoms with Gasteiger partial charge < -0.3 is 10.6 Å². The van der Waals surface area contributed by atoms with E-state index in [1.165, 1.54) is 30.8 Å². The van der Waals surface area contributed by atoms with Crippen molar-refractivity contribution in [3.8, 4) is 0 Å². The van der Waals surface area contributed by atoms with Crippen LogP contribution in [0.25, 0.3) is 6.08 Å². The highest BCUT2D eigenvalue weighted by Gasteiger charge is 2.23. The van der Waals surface area contributed by atoms with Crippen molar-refractivity contribution in [3.05, 3.63) is 64.8 Å².